The van der Waals surface area contributed by atoms with Gasteiger partial charge in [0.2, 0.25) is 5.91 Å². The van der Waals surface area contributed by atoms with Crippen molar-refractivity contribution in [2.24, 2.45) is 16.8 Å². The number of amides is 1. The van der Waals surface area contributed by atoms with Crippen LogP contribution in [-0.4, -0.2) is 45.8 Å². The largest absolute Gasteiger partial charge is 0.371 e. The van der Waals surface area contributed by atoms with E-state index in [2.05, 4.69) is 15.0 Å². The number of rotatable bonds is 7. The lowest BCUT2D eigenvalue weighted by Gasteiger charge is -2.21. The molecule has 2 aromatic rings. The lowest BCUT2D eigenvalue weighted by Crippen LogP contribution is -2.41. The van der Waals surface area contributed by atoms with Crippen molar-refractivity contribution in [2.45, 2.75) is 37.6 Å². The normalized spacial score (nSPS) is 21.7. The van der Waals surface area contributed by atoms with Crippen molar-refractivity contribution in [2.75, 3.05) is 24.5 Å². The summed E-state index contributed by atoms with van der Waals surface area (Å²) in [7, 11) is -3.69. The van der Waals surface area contributed by atoms with Gasteiger partial charge in [-0.15, -0.1) is 0 Å². The Bertz CT molecular complexity index is 1220. The molecule has 3 atom stereocenters. The molecule has 1 amide bonds. The molecule has 0 radical (unpaired) electrons. The van der Waals surface area contributed by atoms with Crippen LogP contribution in [0.4, 0.5) is 14.5 Å². The van der Waals surface area contributed by atoms with Crippen LogP contribution in [0.25, 0.3) is 0 Å². The maximum Gasteiger partial charge on any atom is 0.263 e. The van der Waals surface area contributed by atoms with Gasteiger partial charge in [0.05, 0.1) is 4.90 Å². The van der Waals surface area contributed by atoms with E-state index in [1.165, 1.54) is 12.1 Å². The minimum Gasteiger partial charge on any atom is -0.371 e. The molecule has 1 unspecified atom stereocenters. The summed E-state index contributed by atoms with van der Waals surface area (Å²) in [6.07, 6.45) is 1.49. The number of aliphatic imine (C=N–C) groups is 1. The third-order valence-electron chi connectivity index (χ3n) is 6.50. The van der Waals surface area contributed by atoms with Gasteiger partial charge in [-0.2, -0.15) is 0 Å². The van der Waals surface area contributed by atoms with Crippen LogP contribution in [0.2, 0.25) is 0 Å². The van der Waals surface area contributed by atoms with E-state index >= 15 is 0 Å². The van der Waals surface area contributed by atoms with Crippen LogP contribution in [-0.2, 0) is 14.8 Å². The number of fused-ring (bicyclic) bond motifs is 1. The maximum absolute atomic E-state index is 13.6. The molecule has 4 rings (SSSR count). The van der Waals surface area contributed by atoms with Crippen LogP contribution in [0.1, 0.15) is 32.3 Å². The molecule has 34 heavy (non-hydrogen) atoms. The molecule has 0 aliphatic carbocycles. The zero-order valence-electron chi connectivity index (χ0n) is 19.1. The Morgan fingerprint density at radius 3 is 2.74 bits per heavy atom. The second kappa shape index (κ2) is 9.69. The lowest BCUT2D eigenvalue weighted by atomic mass is 9.98. The molecule has 0 bridgehead atoms. The first-order valence-electron chi connectivity index (χ1n) is 11.4. The first-order chi connectivity index (χ1) is 16.2. The van der Waals surface area contributed by atoms with Gasteiger partial charge in [0, 0.05) is 37.0 Å². The van der Waals surface area contributed by atoms with Gasteiger partial charge < -0.3 is 10.2 Å². The molecular weight excluding hydrogens is 462 g/mol. The van der Waals surface area contributed by atoms with Crippen LogP contribution in [0.5, 0.6) is 0 Å². The summed E-state index contributed by atoms with van der Waals surface area (Å²) in [5.41, 5.74) is 1.07. The first-order valence-corrected chi connectivity index (χ1v) is 12.9. The molecule has 2 aliphatic rings. The molecule has 1 saturated heterocycles. The Balaban J connectivity index is 1.43. The Hall–Kier alpha value is -3.01. The van der Waals surface area contributed by atoms with Crippen molar-refractivity contribution < 1.29 is 22.0 Å². The molecule has 10 heteroatoms. The van der Waals surface area contributed by atoms with Gasteiger partial charge in [-0.3, -0.25) is 14.5 Å². The third kappa shape index (κ3) is 4.91. The van der Waals surface area contributed by atoms with Crippen LogP contribution in [0, 0.1) is 23.5 Å². The molecular formula is C24H28F2N4O3S. The van der Waals surface area contributed by atoms with Crippen LogP contribution < -0.4 is 14.9 Å². The van der Waals surface area contributed by atoms with Gasteiger partial charge in [-0.05, 0) is 42.5 Å². The number of halogens is 2. The van der Waals surface area contributed by atoms with Gasteiger partial charge in [0.1, 0.15) is 11.9 Å². The number of sulfonamides is 1. The van der Waals surface area contributed by atoms with Crippen LogP contribution in [0.15, 0.2) is 52.4 Å². The SMILES string of the molecule is CC[C@H](C)[C@H](N=C1NS(=O)(=O)c2ccccc21)C(=O)NCC1CCN(c2ccc(F)c(F)c2)C1. The molecule has 0 spiro atoms. The third-order valence-corrected chi connectivity index (χ3v) is 7.90. The average Bonchev–Trinajstić information content (AvgIpc) is 3.40. The van der Waals surface area contributed by atoms with Gasteiger partial charge in [0.15, 0.2) is 11.6 Å². The number of carbonyl (C=O) groups excluding carboxylic acids is 1. The van der Waals surface area contributed by atoms with Gasteiger partial charge in [0.25, 0.3) is 10.0 Å². The maximum atomic E-state index is 13.6. The molecule has 0 aromatic heterocycles. The highest BCUT2D eigenvalue weighted by Crippen LogP contribution is 2.26. The quantitative estimate of drug-likeness (QED) is 0.624. The minimum absolute atomic E-state index is 0.105. The van der Waals surface area contributed by atoms with Crippen LogP contribution in [0.3, 0.4) is 0 Å². The van der Waals surface area contributed by atoms with Crippen molar-refractivity contribution in [3.63, 3.8) is 0 Å². The molecule has 2 aliphatic heterocycles. The zero-order chi connectivity index (χ0) is 24.5. The van der Waals surface area contributed by atoms with Crippen LogP contribution >= 0.6 is 0 Å². The summed E-state index contributed by atoms with van der Waals surface area (Å²) in [6.45, 7) is 5.57. The molecule has 1 fully saturated rings. The van der Waals surface area contributed by atoms with E-state index in [4.69, 9.17) is 0 Å². The van der Waals surface area contributed by atoms with E-state index in [9.17, 15) is 22.0 Å². The van der Waals surface area contributed by atoms with Crippen molar-refractivity contribution in [1.29, 1.82) is 0 Å². The smallest absolute Gasteiger partial charge is 0.263 e. The van der Waals surface area contributed by atoms with E-state index in [-0.39, 0.29) is 28.5 Å². The highest BCUT2D eigenvalue weighted by atomic mass is 32.2. The predicted octanol–water partition coefficient (Wildman–Crippen LogP) is 3.06. The summed E-state index contributed by atoms with van der Waals surface area (Å²) in [5, 5.41) is 2.97. The molecule has 0 saturated carbocycles. The fourth-order valence-corrected chi connectivity index (χ4v) is 5.54. The monoisotopic (exact) mass is 490 g/mol. The number of hydrogen-bond donors (Lipinski definition) is 2. The second-order valence-electron chi connectivity index (χ2n) is 8.85. The van der Waals surface area contributed by atoms with Gasteiger partial charge in [-0.25, -0.2) is 17.2 Å². The van der Waals surface area contributed by atoms with E-state index in [1.807, 2.05) is 18.7 Å². The zero-order valence-corrected chi connectivity index (χ0v) is 19.9. The number of anilines is 1. The lowest BCUT2D eigenvalue weighted by molar-refractivity contribution is -0.123. The van der Waals surface area contributed by atoms with Crippen molar-refractivity contribution >= 4 is 27.5 Å². The van der Waals surface area contributed by atoms with Gasteiger partial charge >= 0.3 is 0 Å². The van der Waals surface area contributed by atoms with Gasteiger partial charge in [-0.1, -0.05) is 32.4 Å². The van der Waals surface area contributed by atoms with E-state index in [0.717, 1.165) is 12.5 Å². The molecule has 2 aromatic carbocycles. The summed E-state index contributed by atoms with van der Waals surface area (Å²) >= 11 is 0. The number of carbonyl (C=O) groups is 1. The predicted molar refractivity (Wildman–Crippen MR) is 126 cm³/mol. The first kappa shape index (κ1) is 24.1. The average molecular weight is 491 g/mol. The Morgan fingerprint density at radius 1 is 1.24 bits per heavy atom. The standard InChI is InChI=1S/C24H28F2N4O3S/c1-3-15(2)22(28-23-18-6-4-5-7-21(18)34(32,33)29-23)24(31)27-13-16-10-11-30(14-16)17-8-9-19(25)20(26)12-17/h4-9,12,15-16,22H,3,10-11,13-14H2,1-2H3,(H,27,31)(H,28,29)/t15-,16?,22-/m0/s1. The minimum atomic E-state index is -3.69. The Morgan fingerprint density at radius 2 is 2.00 bits per heavy atom. The molecule has 2 heterocycles. The number of nitrogens with zero attached hydrogens (tertiary/aromatic N) is 2. The molecule has 182 valence electrons. The number of benzene rings is 2. The fraction of sp³-hybridized carbons (Fsp3) is 0.417. The number of amidine groups is 1. The summed E-state index contributed by atoms with van der Waals surface area (Å²) in [4.78, 5) is 19.8. The van der Waals surface area contributed by atoms with Crippen molar-refractivity contribution in [1.82, 2.24) is 10.0 Å². The van der Waals surface area contributed by atoms with Crippen molar-refractivity contribution in [3.05, 3.63) is 59.7 Å². The fourth-order valence-electron chi connectivity index (χ4n) is 4.30. The topological polar surface area (TPSA) is 90.9 Å². The summed E-state index contributed by atoms with van der Waals surface area (Å²) in [6, 6.07) is 9.66. The van der Waals surface area contributed by atoms with E-state index in [0.29, 0.717) is 37.3 Å². The Labute approximate surface area is 198 Å². The molecule has 2 N–H and O–H groups in total. The number of hydrogen-bond acceptors (Lipinski definition) is 5. The van der Waals surface area contributed by atoms with Crippen molar-refractivity contribution in [3.8, 4) is 0 Å². The highest BCUT2D eigenvalue weighted by molar-refractivity contribution is 7.90. The Kier molecular flexibility index (Phi) is 6.88. The highest BCUT2D eigenvalue weighted by Gasteiger charge is 2.33. The summed E-state index contributed by atoms with van der Waals surface area (Å²) in [5.74, 6) is -1.80. The van der Waals surface area contributed by atoms with E-state index < -0.39 is 27.7 Å². The molecule has 7 nitrogen and oxygen atoms in total. The van der Waals surface area contributed by atoms with E-state index in [1.54, 1.807) is 24.3 Å². The number of nitrogens with one attached hydrogen (secondary N) is 2. The summed E-state index contributed by atoms with van der Waals surface area (Å²) < 4.78 is 54.1. The second-order valence-corrected chi connectivity index (χ2v) is 10.5.